The van der Waals surface area contributed by atoms with Gasteiger partial charge in [0.2, 0.25) is 0 Å². The molecule has 4 rings (SSSR count). The molecular weight excluding hydrogens is 464 g/mol. The van der Waals surface area contributed by atoms with Crippen LogP contribution in [0, 0.1) is 0 Å². The number of amides is 2. The van der Waals surface area contributed by atoms with Gasteiger partial charge in [-0.1, -0.05) is 42.5 Å². The van der Waals surface area contributed by atoms with E-state index in [1.165, 1.54) is 24.3 Å². The van der Waals surface area contributed by atoms with Crippen LogP contribution in [-0.2, 0) is 23.2 Å². The molecule has 0 fully saturated rings. The number of ether oxygens (including phenoxy) is 1. The maximum absolute atomic E-state index is 12.8. The Morgan fingerprint density at radius 2 is 1.60 bits per heavy atom. The van der Waals surface area contributed by atoms with E-state index in [0.717, 1.165) is 11.1 Å². The fourth-order valence-corrected chi connectivity index (χ4v) is 4.23. The minimum atomic E-state index is -3.83. The average molecular weight is 489 g/mol. The van der Waals surface area contributed by atoms with Crippen LogP contribution < -0.4 is 20.1 Å². The van der Waals surface area contributed by atoms with Crippen molar-refractivity contribution < 1.29 is 17.9 Å². The number of hydrogen-bond donors (Lipinski definition) is 3. The van der Waals surface area contributed by atoms with E-state index in [1.54, 1.807) is 42.7 Å². The number of anilines is 2. The van der Waals surface area contributed by atoms with Crippen LogP contribution in [-0.4, -0.2) is 19.4 Å². The van der Waals surface area contributed by atoms with Crippen molar-refractivity contribution in [2.45, 2.75) is 18.0 Å². The maximum Gasteiger partial charge on any atom is 0.319 e. The van der Waals surface area contributed by atoms with Crippen molar-refractivity contribution in [2.24, 2.45) is 0 Å². The average Bonchev–Trinajstić information content (AvgIpc) is 2.88. The van der Waals surface area contributed by atoms with Crippen molar-refractivity contribution in [2.75, 3.05) is 10.0 Å². The smallest absolute Gasteiger partial charge is 0.319 e. The van der Waals surface area contributed by atoms with Gasteiger partial charge in [-0.3, -0.25) is 9.71 Å². The zero-order valence-corrected chi connectivity index (χ0v) is 19.5. The Hall–Kier alpha value is -4.37. The number of aromatic nitrogens is 1. The molecule has 0 aliphatic rings. The molecule has 35 heavy (non-hydrogen) atoms. The highest BCUT2D eigenvalue weighted by molar-refractivity contribution is 7.92. The van der Waals surface area contributed by atoms with Crippen LogP contribution in [0.15, 0.2) is 108 Å². The third kappa shape index (κ3) is 7.05. The van der Waals surface area contributed by atoms with E-state index in [-0.39, 0.29) is 4.90 Å². The lowest BCUT2D eigenvalue weighted by Gasteiger charge is -2.12. The van der Waals surface area contributed by atoms with Crippen molar-refractivity contribution in [3.05, 3.63) is 115 Å². The first-order chi connectivity index (χ1) is 17.0. The Morgan fingerprint density at radius 1 is 0.829 bits per heavy atom. The van der Waals surface area contributed by atoms with Crippen molar-refractivity contribution in [3.8, 4) is 5.75 Å². The summed E-state index contributed by atoms with van der Waals surface area (Å²) in [4.78, 5) is 16.2. The van der Waals surface area contributed by atoms with Crippen LogP contribution in [0.25, 0.3) is 0 Å². The van der Waals surface area contributed by atoms with E-state index in [0.29, 0.717) is 30.3 Å². The van der Waals surface area contributed by atoms with Gasteiger partial charge < -0.3 is 15.4 Å². The summed E-state index contributed by atoms with van der Waals surface area (Å²) in [6.45, 7) is 0.700. The first-order valence-electron chi connectivity index (χ1n) is 10.8. The molecule has 0 atom stereocenters. The van der Waals surface area contributed by atoms with E-state index in [1.807, 2.05) is 36.4 Å². The number of rotatable bonds is 9. The highest BCUT2D eigenvalue weighted by Gasteiger charge is 2.15. The standard InChI is InChI=1S/C26H24N4O4S/c31-26(28-18-21-8-5-15-27-17-21)29-22-11-13-25(14-12-22)35(32,33)30-23-9-4-10-24(16-23)34-19-20-6-2-1-3-7-20/h1-17,30H,18-19H2,(H2,28,29,31). The largest absolute Gasteiger partial charge is 0.489 e. The number of hydrogen-bond acceptors (Lipinski definition) is 5. The molecule has 0 bridgehead atoms. The summed E-state index contributed by atoms with van der Waals surface area (Å²) in [5.41, 5.74) is 2.72. The molecule has 1 heterocycles. The SMILES string of the molecule is O=C(NCc1cccnc1)Nc1ccc(S(=O)(=O)Nc2cccc(OCc3ccccc3)c2)cc1. The van der Waals surface area contributed by atoms with Crippen LogP contribution in [0.4, 0.5) is 16.2 Å². The summed E-state index contributed by atoms with van der Waals surface area (Å²) in [5, 5.41) is 5.39. The normalized spacial score (nSPS) is 10.9. The van der Waals surface area contributed by atoms with Crippen LogP contribution >= 0.6 is 0 Å². The summed E-state index contributed by atoms with van der Waals surface area (Å²) >= 11 is 0. The summed E-state index contributed by atoms with van der Waals surface area (Å²) < 4.78 is 34.0. The van der Waals surface area contributed by atoms with Gasteiger partial charge in [-0.15, -0.1) is 0 Å². The second kappa shape index (κ2) is 11.2. The fraction of sp³-hybridized carbons (Fsp3) is 0.0769. The van der Waals surface area contributed by atoms with Gasteiger partial charge in [0.05, 0.1) is 10.6 Å². The zero-order chi connectivity index (χ0) is 24.5. The summed E-state index contributed by atoms with van der Waals surface area (Å²) in [7, 11) is -3.83. The highest BCUT2D eigenvalue weighted by atomic mass is 32.2. The topological polar surface area (TPSA) is 109 Å². The highest BCUT2D eigenvalue weighted by Crippen LogP contribution is 2.22. The van der Waals surface area contributed by atoms with Crippen LogP contribution in [0.5, 0.6) is 5.75 Å². The number of nitrogens with zero attached hydrogens (tertiary/aromatic N) is 1. The number of urea groups is 1. The van der Waals surface area contributed by atoms with Gasteiger partial charge in [0.1, 0.15) is 12.4 Å². The molecule has 0 aliphatic carbocycles. The van der Waals surface area contributed by atoms with Crippen LogP contribution in [0.1, 0.15) is 11.1 Å². The summed E-state index contributed by atoms with van der Waals surface area (Å²) in [5.74, 6) is 0.547. The molecule has 0 spiro atoms. The molecule has 8 nitrogen and oxygen atoms in total. The third-order valence-corrected chi connectivity index (χ3v) is 6.33. The molecule has 3 aromatic carbocycles. The number of benzene rings is 3. The monoisotopic (exact) mass is 488 g/mol. The van der Waals surface area contributed by atoms with Gasteiger partial charge in [-0.2, -0.15) is 0 Å². The molecule has 0 saturated heterocycles. The van der Waals surface area contributed by atoms with Crippen LogP contribution in [0.2, 0.25) is 0 Å². The van der Waals surface area contributed by atoms with Crippen molar-refractivity contribution in [1.82, 2.24) is 10.3 Å². The van der Waals surface area contributed by atoms with E-state index >= 15 is 0 Å². The fourth-order valence-electron chi connectivity index (χ4n) is 3.18. The molecule has 2 amide bonds. The summed E-state index contributed by atoms with van der Waals surface area (Å²) in [6.07, 6.45) is 3.32. The molecule has 178 valence electrons. The number of nitrogens with one attached hydrogen (secondary N) is 3. The Bertz CT molecular complexity index is 1360. The molecule has 0 saturated carbocycles. The van der Waals surface area contributed by atoms with Crippen molar-refractivity contribution in [3.63, 3.8) is 0 Å². The molecule has 4 aromatic rings. The Labute approximate surface area is 204 Å². The second-order valence-corrected chi connectivity index (χ2v) is 9.28. The van der Waals surface area contributed by atoms with Gasteiger partial charge in [0.15, 0.2) is 0 Å². The minimum Gasteiger partial charge on any atom is -0.489 e. The Balaban J connectivity index is 1.33. The van der Waals surface area contributed by atoms with Gasteiger partial charge in [0, 0.05) is 30.7 Å². The van der Waals surface area contributed by atoms with E-state index in [4.69, 9.17) is 4.74 Å². The molecular formula is C26H24N4O4S. The molecule has 3 N–H and O–H groups in total. The maximum atomic E-state index is 12.8. The first kappa shape index (κ1) is 23.8. The first-order valence-corrected chi connectivity index (χ1v) is 12.3. The number of pyridine rings is 1. The van der Waals surface area contributed by atoms with Crippen molar-refractivity contribution >= 4 is 27.4 Å². The summed E-state index contributed by atoms with van der Waals surface area (Å²) in [6, 6.07) is 25.6. The van der Waals surface area contributed by atoms with Gasteiger partial charge in [-0.25, -0.2) is 13.2 Å². The third-order valence-electron chi connectivity index (χ3n) is 4.93. The van der Waals surface area contributed by atoms with E-state index in [2.05, 4.69) is 20.3 Å². The minimum absolute atomic E-state index is 0.0643. The number of carbonyl (C=O) groups is 1. The predicted molar refractivity (Wildman–Crippen MR) is 135 cm³/mol. The van der Waals surface area contributed by atoms with Crippen LogP contribution in [0.3, 0.4) is 0 Å². The molecule has 1 aromatic heterocycles. The second-order valence-electron chi connectivity index (χ2n) is 7.60. The lowest BCUT2D eigenvalue weighted by molar-refractivity contribution is 0.251. The zero-order valence-electron chi connectivity index (χ0n) is 18.7. The number of sulfonamides is 1. The quantitative estimate of drug-likeness (QED) is 0.314. The van der Waals surface area contributed by atoms with Gasteiger partial charge in [-0.05, 0) is 53.6 Å². The molecule has 9 heteroatoms. The lowest BCUT2D eigenvalue weighted by Crippen LogP contribution is -2.28. The van der Waals surface area contributed by atoms with E-state index < -0.39 is 16.1 Å². The van der Waals surface area contributed by atoms with Gasteiger partial charge >= 0.3 is 6.03 Å². The Kier molecular flexibility index (Phi) is 7.59. The van der Waals surface area contributed by atoms with E-state index in [9.17, 15) is 13.2 Å². The molecule has 0 aliphatic heterocycles. The number of carbonyl (C=O) groups excluding carboxylic acids is 1. The Morgan fingerprint density at radius 3 is 2.34 bits per heavy atom. The molecule has 0 unspecified atom stereocenters. The predicted octanol–water partition coefficient (Wildman–Crippen LogP) is 4.78. The lowest BCUT2D eigenvalue weighted by atomic mass is 10.2. The van der Waals surface area contributed by atoms with Gasteiger partial charge in [0.25, 0.3) is 10.0 Å². The van der Waals surface area contributed by atoms with Crippen molar-refractivity contribution in [1.29, 1.82) is 0 Å². The molecule has 0 radical (unpaired) electrons.